The molecule has 5 nitrogen and oxygen atoms in total. The van der Waals surface area contributed by atoms with Gasteiger partial charge in [0, 0.05) is 17.3 Å². The molecule has 1 unspecified atom stereocenters. The zero-order valence-corrected chi connectivity index (χ0v) is 12.4. The zero-order valence-electron chi connectivity index (χ0n) is 11.6. The van der Waals surface area contributed by atoms with Crippen LogP contribution in [0, 0.1) is 0 Å². The molecule has 1 aromatic carbocycles. The van der Waals surface area contributed by atoms with Crippen molar-refractivity contribution in [2.75, 3.05) is 5.32 Å². The number of rotatable bonds is 6. The van der Waals surface area contributed by atoms with Gasteiger partial charge in [-0.05, 0) is 30.5 Å². The van der Waals surface area contributed by atoms with Crippen molar-refractivity contribution >= 4 is 29.1 Å². The average molecular weight is 303 g/mol. The molecule has 2 rings (SSSR count). The van der Waals surface area contributed by atoms with Gasteiger partial charge in [0.15, 0.2) is 0 Å². The minimum Gasteiger partial charge on any atom is -0.506 e. The fraction of sp³-hybridized carbons (Fsp3) is 0.200. The molecule has 1 aromatic heterocycles. The van der Waals surface area contributed by atoms with Crippen molar-refractivity contribution < 1.29 is 9.90 Å². The van der Waals surface area contributed by atoms with E-state index >= 15 is 0 Å². The van der Waals surface area contributed by atoms with E-state index in [1.165, 1.54) is 0 Å². The van der Waals surface area contributed by atoms with Crippen LogP contribution in [0.25, 0.3) is 0 Å². The van der Waals surface area contributed by atoms with E-state index in [-0.39, 0.29) is 24.1 Å². The van der Waals surface area contributed by atoms with E-state index in [0.717, 1.165) is 4.88 Å². The van der Waals surface area contributed by atoms with E-state index in [9.17, 15) is 9.90 Å². The van der Waals surface area contributed by atoms with Crippen molar-refractivity contribution in [3.8, 4) is 5.75 Å². The molecule has 0 bridgehead atoms. The van der Waals surface area contributed by atoms with Crippen molar-refractivity contribution in [3.63, 3.8) is 0 Å². The molecule has 21 heavy (non-hydrogen) atoms. The van der Waals surface area contributed by atoms with Gasteiger partial charge in [-0.1, -0.05) is 18.2 Å². The van der Waals surface area contributed by atoms with Gasteiger partial charge in [-0.25, -0.2) is 5.43 Å². The molecule has 0 saturated heterocycles. The van der Waals surface area contributed by atoms with Crippen LogP contribution in [0.1, 0.15) is 18.2 Å². The van der Waals surface area contributed by atoms with Gasteiger partial charge in [0.05, 0.1) is 11.9 Å². The molecule has 0 spiro atoms. The maximum atomic E-state index is 11.7. The fourth-order valence-electron chi connectivity index (χ4n) is 1.77. The van der Waals surface area contributed by atoms with Crippen molar-refractivity contribution in [3.05, 3.63) is 46.7 Å². The lowest BCUT2D eigenvalue weighted by atomic mass is 10.2. The molecule has 1 atom stereocenters. The van der Waals surface area contributed by atoms with E-state index in [1.54, 1.807) is 35.8 Å². The third kappa shape index (κ3) is 4.92. The minimum atomic E-state index is -0.182. The first-order chi connectivity index (χ1) is 10.1. The van der Waals surface area contributed by atoms with Gasteiger partial charge in [-0.3, -0.25) is 4.79 Å². The zero-order chi connectivity index (χ0) is 15.1. The predicted octanol–water partition coefficient (Wildman–Crippen LogP) is 2.79. The Balaban J connectivity index is 1.78. The lowest BCUT2D eigenvalue weighted by Crippen LogP contribution is -2.26. The lowest BCUT2D eigenvalue weighted by Gasteiger charge is -2.15. The predicted molar refractivity (Wildman–Crippen MR) is 85.9 cm³/mol. The second-order valence-electron chi connectivity index (χ2n) is 4.58. The highest BCUT2D eigenvalue weighted by Gasteiger charge is 2.09. The summed E-state index contributed by atoms with van der Waals surface area (Å²) in [4.78, 5) is 12.7. The Hall–Kier alpha value is -2.34. The highest BCUT2D eigenvalue weighted by molar-refractivity contribution is 7.11. The Morgan fingerprint density at radius 3 is 2.90 bits per heavy atom. The van der Waals surface area contributed by atoms with Crippen molar-refractivity contribution in [1.29, 1.82) is 0 Å². The quantitative estimate of drug-likeness (QED) is 0.436. The Morgan fingerprint density at radius 1 is 1.38 bits per heavy atom. The SMILES string of the molecule is CC(CC(=O)N/N=C/c1cccs1)Nc1ccccc1O. The summed E-state index contributed by atoms with van der Waals surface area (Å²) in [5, 5.41) is 18.6. The Kier molecular flexibility index (Phi) is 5.34. The summed E-state index contributed by atoms with van der Waals surface area (Å²) in [6.07, 6.45) is 1.87. The summed E-state index contributed by atoms with van der Waals surface area (Å²) in [5.41, 5.74) is 3.10. The van der Waals surface area contributed by atoms with Gasteiger partial charge in [-0.15, -0.1) is 11.3 Å². The van der Waals surface area contributed by atoms with Crippen LogP contribution in [0.5, 0.6) is 5.75 Å². The number of para-hydroxylation sites is 2. The molecule has 3 N–H and O–H groups in total. The normalized spacial score (nSPS) is 12.2. The highest BCUT2D eigenvalue weighted by atomic mass is 32.1. The van der Waals surface area contributed by atoms with E-state index in [1.807, 2.05) is 30.5 Å². The molecule has 6 heteroatoms. The molecule has 2 aromatic rings. The molecule has 0 aliphatic rings. The number of hydrogen-bond acceptors (Lipinski definition) is 5. The monoisotopic (exact) mass is 303 g/mol. The van der Waals surface area contributed by atoms with Crippen molar-refractivity contribution in [2.45, 2.75) is 19.4 Å². The molecule has 0 radical (unpaired) electrons. The molecule has 0 fully saturated rings. The number of anilines is 1. The highest BCUT2D eigenvalue weighted by Crippen LogP contribution is 2.22. The molecular formula is C15H17N3O2S. The number of carbonyl (C=O) groups excluding carboxylic acids is 1. The van der Waals surface area contributed by atoms with Crippen LogP contribution in [0.15, 0.2) is 46.9 Å². The van der Waals surface area contributed by atoms with Gasteiger partial charge >= 0.3 is 0 Å². The summed E-state index contributed by atoms with van der Waals surface area (Å²) in [5.74, 6) is -0.0151. The van der Waals surface area contributed by atoms with E-state index < -0.39 is 0 Å². The number of aromatic hydroxyl groups is 1. The fourth-order valence-corrected chi connectivity index (χ4v) is 2.35. The average Bonchev–Trinajstić information content (AvgIpc) is 2.94. The van der Waals surface area contributed by atoms with Gasteiger partial charge in [-0.2, -0.15) is 5.10 Å². The van der Waals surface area contributed by atoms with Crippen LogP contribution in [0.2, 0.25) is 0 Å². The number of hydrogen-bond donors (Lipinski definition) is 3. The first-order valence-electron chi connectivity index (χ1n) is 6.55. The maximum Gasteiger partial charge on any atom is 0.242 e. The number of thiophene rings is 1. The number of nitrogens with zero attached hydrogens (tertiary/aromatic N) is 1. The van der Waals surface area contributed by atoms with Crippen LogP contribution in [0.4, 0.5) is 5.69 Å². The number of benzene rings is 1. The maximum absolute atomic E-state index is 11.7. The van der Waals surface area contributed by atoms with Gasteiger partial charge in [0.1, 0.15) is 5.75 Å². The van der Waals surface area contributed by atoms with E-state index in [2.05, 4.69) is 15.8 Å². The van der Waals surface area contributed by atoms with Crippen LogP contribution in [-0.4, -0.2) is 23.3 Å². The van der Waals surface area contributed by atoms with Crippen LogP contribution in [0.3, 0.4) is 0 Å². The molecular weight excluding hydrogens is 286 g/mol. The van der Waals surface area contributed by atoms with Crippen LogP contribution < -0.4 is 10.7 Å². The second-order valence-corrected chi connectivity index (χ2v) is 5.55. The van der Waals surface area contributed by atoms with Gasteiger partial charge in [0.25, 0.3) is 0 Å². The third-order valence-corrected chi connectivity index (χ3v) is 3.53. The number of amides is 1. The lowest BCUT2D eigenvalue weighted by molar-refractivity contribution is -0.121. The van der Waals surface area contributed by atoms with Crippen LogP contribution in [-0.2, 0) is 4.79 Å². The Morgan fingerprint density at radius 2 is 2.19 bits per heavy atom. The van der Waals surface area contributed by atoms with E-state index in [0.29, 0.717) is 5.69 Å². The van der Waals surface area contributed by atoms with Gasteiger partial charge in [0.2, 0.25) is 5.91 Å². The number of carbonyl (C=O) groups is 1. The molecule has 1 amide bonds. The van der Waals surface area contributed by atoms with Crippen molar-refractivity contribution in [2.24, 2.45) is 5.10 Å². The molecule has 110 valence electrons. The standard InChI is InChI=1S/C15H17N3O2S/c1-11(17-13-6-2-3-7-14(13)19)9-15(20)18-16-10-12-5-4-8-21-12/h2-8,10-11,17,19H,9H2,1H3,(H,18,20)/b16-10+. The minimum absolute atomic E-state index is 0.116. The van der Waals surface area contributed by atoms with Crippen LogP contribution >= 0.6 is 11.3 Å². The Bertz CT molecular complexity index is 611. The smallest absolute Gasteiger partial charge is 0.242 e. The Labute approximate surface area is 127 Å². The second kappa shape index (κ2) is 7.44. The molecule has 0 aliphatic heterocycles. The molecule has 1 heterocycles. The third-order valence-electron chi connectivity index (χ3n) is 2.72. The molecule has 0 saturated carbocycles. The van der Waals surface area contributed by atoms with Crippen molar-refractivity contribution in [1.82, 2.24) is 5.43 Å². The van der Waals surface area contributed by atoms with E-state index in [4.69, 9.17) is 0 Å². The van der Waals surface area contributed by atoms with Gasteiger partial charge < -0.3 is 10.4 Å². The number of phenols is 1. The number of phenolic OH excluding ortho intramolecular Hbond substituents is 1. The summed E-state index contributed by atoms with van der Waals surface area (Å²) in [6, 6.07) is 10.7. The largest absolute Gasteiger partial charge is 0.506 e. The first-order valence-corrected chi connectivity index (χ1v) is 7.43. The summed E-state index contributed by atoms with van der Waals surface area (Å²) in [6.45, 7) is 1.87. The summed E-state index contributed by atoms with van der Waals surface area (Å²) < 4.78 is 0. The number of nitrogens with one attached hydrogen (secondary N) is 2. The summed E-state index contributed by atoms with van der Waals surface area (Å²) >= 11 is 1.55. The topological polar surface area (TPSA) is 73.7 Å². The first kappa shape index (κ1) is 15.1. The number of hydrazone groups is 1. The summed E-state index contributed by atoms with van der Waals surface area (Å²) in [7, 11) is 0. The molecule has 0 aliphatic carbocycles.